The lowest BCUT2D eigenvalue weighted by Gasteiger charge is -2.42. The van der Waals surface area contributed by atoms with Crippen LogP contribution in [0.1, 0.15) is 50.1 Å². The van der Waals surface area contributed by atoms with Gasteiger partial charge >= 0.3 is 0 Å². The van der Waals surface area contributed by atoms with Crippen molar-refractivity contribution in [3.8, 4) is 5.75 Å². The summed E-state index contributed by atoms with van der Waals surface area (Å²) in [5.41, 5.74) is 0.692. The molecular formula is C19H24N2O3. The monoisotopic (exact) mass is 328 g/mol. The molecular weight excluding hydrogens is 304 g/mol. The molecule has 2 amide bonds. The second-order valence-electron chi connectivity index (χ2n) is 7.43. The zero-order chi connectivity index (χ0) is 16.7. The highest BCUT2D eigenvalue weighted by Gasteiger charge is 2.44. The van der Waals surface area contributed by atoms with Crippen LogP contribution in [-0.2, 0) is 9.59 Å². The normalized spacial score (nSPS) is 29.6. The Bertz CT molecular complexity index is 670. The zero-order valence-corrected chi connectivity index (χ0v) is 14.1. The lowest BCUT2D eigenvalue weighted by atomic mass is 9.82. The van der Waals surface area contributed by atoms with Crippen molar-refractivity contribution in [2.24, 2.45) is 5.92 Å². The van der Waals surface area contributed by atoms with Gasteiger partial charge in [-0.05, 0) is 25.3 Å². The van der Waals surface area contributed by atoms with Crippen LogP contribution in [0, 0.1) is 5.92 Å². The Balaban J connectivity index is 1.61. The van der Waals surface area contributed by atoms with Crippen LogP contribution < -0.4 is 10.1 Å². The topological polar surface area (TPSA) is 58.6 Å². The third-order valence-electron chi connectivity index (χ3n) is 5.58. The van der Waals surface area contributed by atoms with Crippen LogP contribution in [0.15, 0.2) is 24.3 Å². The summed E-state index contributed by atoms with van der Waals surface area (Å²) < 4.78 is 6.39. The molecule has 1 aromatic carbocycles. The Morgan fingerprint density at radius 1 is 1.29 bits per heavy atom. The number of ether oxygens (including phenoxy) is 1. The summed E-state index contributed by atoms with van der Waals surface area (Å²) in [5.74, 6) is 1.38. The molecule has 2 fully saturated rings. The van der Waals surface area contributed by atoms with Crippen LogP contribution in [0.5, 0.6) is 5.75 Å². The molecule has 3 aliphatic rings. The van der Waals surface area contributed by atoms with Gasteiger partial charge < -0.3 is 15.0 Å². The summed E-state index contributed by atoms with van der Waals surface area (Å²) in [4.78, 5) is 26.1. The van der Waals surface area contributed by atoms with E-state index in [0.717, 1.165) is 37.0 Å². The number of nitrogens with zero attached hydrogens (tertiary/aromatic N) is 1. The molecule has 2 atom stereocenters. The smallest absolute Gasteiger partial charge is 0.223 e. The largest absolute Gasteiger partial charge is 0.487 e. The minimum atomic E-state index is -0.365. The highest BCUT2D eigenvalue weighted by Crippen LogP contribution is 2.44. The predicted molar refractivity (Wildman–Crippen MR) is 89.5 cm³/mol. The van der Waals surface area contributed by atoms with Crippen molar-refractivity contribution in [3.05, 3.63) is 29.8 Å². The molecule has 2 aliphatic heterocycles. The molecule has 5 heteroatoms. The molecule has 2 unspecified atom stereocenters. The quantitative estimate of drug-likeness (QED) is 0.907. The maximum Gasteiger partial charge on any atom is 0.223 e. The molecule has 1 saturated heterocycles. The molecule has 1 saturated carbocycles. The second-order valence-corrected chi connectivity index (χ2v) is 7.43. The van der Waals surface area contributed by atoms with Crippen molar-refractivity contribution >= 4 is 11.8 Å². The van der Waals surface area contributed by atoms with Gasteiger partial charge in [0.25, 0.3) is 0 Å². The maximum atomic E-state index is 12.3. The third kappa shape index (κ3) is 2.87. The summed E-state index contributed by atoms with van der Waals surface area (Å²) in [5, 5.41) is 3.23. The number of carbonyl (C=O) groups is 2. The highest BCUT2D eigenvalue weighted by molar-refractivity contribution is 5.81. The van der Waals surface area contributed by atoms with Crippen molar-refractivity contribution in [2.75, 3.05) is 13.6 Å². The lowest BCUT2D eigenvalue weighted by molar-refractivity contribution is -0.129. The molecule has 0 bridgehead atoms. The number of benzene rings is 1. The zero-order valence-electron chi connectivity index (χ0n) is 14.1. The molecule has 1 spiro atoms. The van der Waals surface area contributed by atoms with E-state index in [1.165, 1.54) is 0 Å². The minimum Gasteiger partial charge on any atom is -0.487 e. The standard InChI is InChI=1S/C19H24N2O3/c1-21-11-10-19(9-8-17(21)22)12-15(20-18(23)13-6-7-13)14-4-2-3-5-16(14)24-19/h2-5,13,15H,6-12H2,1H3,(H,20,23). The molecule has 1 N–H and O–H groups in total. The number of fused-ring (bicyclic) bond motifs is 1. The van der Waals surface area contributed by atoms with E-state index in [4.69, 9.17) is 4.74 Å². The molecule has 4 rings (SSSR count). The number of nitrogens with one attached hydrogen (secondary N) is 1. The molecule has 1 aromatic rings. The Morgan fingerprint density at radius 3 is 2.88 bits per heavy atom. The van der Waals surface area contributed by atoms with E-state index in [-0.39, 0.29) is 29.4 Å². The second kappa shape index (κ2) is 5.80. The summed E-state index contributed by atoms with van der Waals surface area (Å²) in [6.07, 6.45) is 4.76. The SMILES string of the molecule is CN1CCC2(CCC1=O)CC(NC(=O)C1CC1)c1ccccc1O2. The van der Waals surface area contributed by atoms with Crippen LogP contribution in [0.3, 0.4) is 0 Å². The average Bonchev–Trinajstić information content (AvgIpc) is 3.42. The number of para-hydroxylation sites is 1. The van der Waals surface area contributed by atoms with Gasteiger partial charge in [-0.1, -0.05) is 18.2 Å². The van der Waals surface area contributed by atoms with Gasteiger partial charge in [-0.25, -0.2) is 0 Å². The summed E-state index contributed by atoms with van der Waals surface area (Å²) in [6, 6.07) is 7.94. The molecule has 0 radical (unpaired) electrons. The predicted octanol–water partition coefficient (Wildman–Crippen LogP) is 2.42. The van der Waals surface area contributed by atoms with Crippen LogP contribution in [0.25, 0.3) is 0 Å². The summed E-state index contributed by atoms with van der Waals surface area (Å²) in [6.45, 7) is 0.699. The van der Waals surface area contributed by atoms with E-state index in [1.807, 2.05) is 31.3 Å². The van der Waals surface area contributed by atoms with Crippen LogP contribution in [-0.4, -0.2) is 35.9 Å². The van der Waals surface area contributed by atoms with Crippen LogP contribution in [0.4, 0.5) is 0 Å². The van der Waals surface area contributed by atoms with Gasteiger partial charge in [0.1, 0.15) is 11.4 Å². The first-order chi connectivity index (χ1) is 11.6. The third-order valence-corrected chi connectivity index (χ3v) is 5.58. The molecule has 2 heterocycles. The molecule has 1 aliphatic carbocycles. The summed E-state index contributed by atoms with van der Waals surface area (Å²) in [7, 11) is 1.85. The van der Waals surface area contributed by atoms with Crippen molar-refractivity contribution in [3.63, 3.8) is 0 Å². The summed E-state index contributed by atoms with van der Waals surface area (Å²) >= 11 is 0. The van der Waals surface area contributed by atoms with Gasteiger partial charge in [-0.2, -0.15) is 0 Å². The van der Waals surface area contributed by atoms with E-state index >= 15 is 0 Å². The first kappa shape index (κ1) is 15.5. The Kier molecular flexibility index (Phi) is 3.74. The van der Waals surface area contributed by atoms with Crippen molar-refractivity contribution in [1.29, 1.82) is 0 Å². The van der Waals surface area contributed by atoms with E-state index in [9.17, 15) is 9.59 Å². The number of carbonyl (C=O) groups excluding carboxylic acids is 2. The van der Waals surface area contributed by atoms with Crippen molar-refractivity contribution in [1.82, 2.24) is 10.2 Å². The number of likely N-dealkylation sites (tertiary alicyclic amines) is 1. The van der Waals surface area contributed by atoms with Crippen LogP contribution in [0.2, 0.25) is 0 Å². The fourth-order valence-electron chi connectivity index (χ4n) is 3.84. The molecule has 0 aromatic heterocycles. The Labute approximate surface area is 142 Å². The highest BCUT2D eigenvalue weighted by atomic mass is 16.5. The van der Waals surface area contributed by atoms with Gasteiger partial charge in [-0.3, -0.25) is 9.59 Å². The van der Waals surface area contributed by atoms with Gasteiger partial charge in [0.2, 0.25) is 11.8 Å². The maximum absolute atomic E-state index is 12.3. The van der Waals surface area contributed by atoms with Gasteiger partial charge in [0.05, 0.1) is 6.04 Å². The van der Waals surface area contributed by atoms with E-state index in [0.29, 0.717) is 19.4 Å². The number of hydrogen-bond donors (Lipinski definition) is 1. The van der Waals surface area contributed by atoms with Gasteiger partial charge in [-0.15, -0.1) is 0 Å². The van der Waals surface area contributed by atoms with E-state index in [2.05, 4.69) is 5.32 Å². The fourth-order valence-corrected chi connectivity index (χ4v) is 3.84. The first-order valence-corrected chi connectivity index (χ1v) is 8.89. The van der Waals surface area contributed by atoms with Crippen LogP contribution >= 0.6 is 0 Å². The lowest BCUT2D eigenvalue weighted by Crippen LogP contribution is -2.46. The van der Waals surface area contributed by atoms with E-state index < -0.39 is 0 Å². The Hall–Kier alpha value is -2.04. The van der Waals surface area contributed by atoms with E-state index in [1.54, 1.807) is 4.90 Å². The number of rotatable bonds is 2. The fraction of sp³-hybridized carbons (Fsp3) is 0.579. The molecule has 5 nitrogen and oxygen atoms in total. The number of hydrogen-bond acceptors (Lipinski definition) is 3. The minimum absolute atomic E-state index is 0.0263. The van der Waals surface area contributed by atoms with Crippen molar-refractivity contribution in [2.45, 2.75) is 50.2 Å². The number of amides is 2. The van der Waals surface area contributed by atoms with Gasteiger partial charge in [0.15, 0.2) is 0 Å². The molecule has 24 heavy (non-hydrogen) atoms. The first-order valence-electron chi connectivity index (χ1n) is 8.89. The van der Waals surface area contributed by atoms with Gasteiger partial charge in [0, 0.05) is 44.3 Å². The average molecular weight is 328 g/mol. The van der Waals surface area contributed by atoms with Crippen molar-refractivity contribution < 1.29 is 14.3 Å². The Morgan fingerprint density at radius 2 is 2.08 bits per heavy atom. The molecule has 128 valence electrons.